The summed E-state index contributed by atoms with van der Waals surface area (Å²) < 4.78 is 31.2. The summed E-state index contributed by atoms with van der Waals surface area (Å²) in [7, 11) is -2.34. The minimum Gasteiger partial charge on any atom is -0.504 e. The topological polar surface area (TPSA) is 104 Å². The van der Waals surface area contributed by atoms with Crippen LogP contribution in [0.1, 0.15) is 5.82 Å². The molecule has 0 saturated heterocycles. The second-order valence-electron chi connectivity index (χ2n) is 3.82. The normalized spacial score (nSPS) is 11.3. The maximum atomic E-state index is 12.0. The summed E-state index contributed by atoms with van der Waals surface area (Å²) in [6, 6.07) is 4.21. The lowest BCUT2D eigenvalue weighted by Crippen LogP contribution is -2.13. The molecule has 2 rings (SSSR count). The van der Waals surface area contributed by atoms with Crippen molar-refractivity contribution in [2.75, 3.05) is 11.8 Å². The molecule has 0 aliphatic rings. The summed E-state index contributed by atoms with van der Waals surface area (Å²) in [4.78, 5) is 6.45. The van der Waals surface area contributed by atoms with Gasteiger partial charge in [0, 0.05) is 6.07 Å². The molecule has 0 fully saturated rings. The summed E-state index contributed by atoms with van der Waals surface area (Å²) in [5, 5.41) is 9.54. The number of ether oxygens (including phenoxy) is 1. The summed E-state index contributed by atoms with van der Waals surface area (Å²) in [6.45, 7) is 1.65. The predicted molar refractivity (Wildman–Crippen MR) is 68.8 cm³/mol. The second-order valence-corrected chi connectivity index (χ2v) is 5.48. The van der Waals surface area contributed by atoms with Gasteiger partial charge in [0.1, 0.15) is 5.82 Å². The van der Waals surface area contributed by atoms with Crippen molar-refractivity contribution in [2.24, 2.45) is 0 Å². The molecule has 0 aliphatic carbocycles. The molecule has 0 bridgehead atoms. The van der Waals surface area contributed by atoms with E-state index in [9.17, 15) is 13.5 Å². The number of benzene rings is 1. The SMILES string of the molecule is COc1ccc(NS(=O)(=O)c2cnc(C)[nH]2)cc1O. The van der Waals surface area contributed by atoms with Crippen molar-refractivity contribution in [3.8, 4) is 11.5 Å². The van der Waals surface area contributed by atoms with Gasteiger partial charge in [-0.05, 0) is 19.1 Å². The molecule has 0 aliphatic heterocycles. The summed E-state index contributed by atoms with van der Waals surface area (Å²) >= 11 is 0. The average Bonchev–Trinajstić information content (AvgIpc) is 2.76. The van der Waals surface area contributed by atoms with Crippen molar-refractivity contribution in [3.63, 3.8) is 0 Å². The van der Waals surface area contributed by atoms with Crippen LogP contribution in [0.4, 0.5) is 5.69 Å². The first-order valence-corrected chi connectivity index (χ1v) is 6.82. The van der Waals surface area contributed by atoms with Crippen LogP contribution in [0.25, 0.3) is 0 Å². The zero-order valence-electron chi connectivity index (χ0n) is 10.3. The van der Waals surface area contributed by atoms with Crippen molar-refractivity contribution >= 4 is 15.7 Å². The summed E-state index contributed by atoms with van der Waals surface area (Å²) in [6.07, 6.45) is 1.22. The average molecular weight is 283 g/mol. The molecule has 19 heavy (non-hydrogen) atoms. The Morgan fingerprint density at radius 2 is 2.16 bits per heavy atom. The van der Waals surface area contributed by atoms with Crippen LogP contribution in [-0.2, 0) is 10.0 Å². The van der Waals surface area contributed by atoms with Crippen LogP contribution in [0.2, 0.25) is 0 Å². The van der Waals surface area contributed by atoms with Crippen LogP contribution in [-0.4, -0.2) is 30.6 Å². The van der Waals surface area contributed by atoms with Gasteiger partial charge in [0.25, 0.3) is 10.0 Å². The highest BCUT2D eigenvalue weighted by atomic mass is 32.2. The Morgan fingerprint density at radius 1 is 1.42 bits per heavy atom. The number of aryl methyl sites for hydroxylation is 1. The molecule has 0 spiro atoms. The van der Waals surface area contributed by atoms with Gasteiger partial charge in [-0.25, -0.2) is 4.98 Å². The van der Waals surface area contributed by atoms with Gasteiger partial charge >= 0.3 is 0 Å². The third-order valence-corrected chi connectivity index (χ3v) is 3.69. The van der Waals surface area contributed by atoms with Crippen LogP contribution >= 0.6 is 0 Å². The van der Waals surface area contributed by atoms with Gasteiger partial charge in [-0.1, -0.05) is 0 Å². The number of H-pyrrole nitrogens is 1. The molecule has 3 N–H and O–H groups in total. The number of phenolic OH excluding ortho intramolecular Hbond substituents is 1. The molecule has 2 aromatic rings. The van der Waals surface area contributed by atoms with E-state index in [1.165, 1.54) is 31.5 Å². The van der Waals surface area contributed by atoms with E-state index < -0.39 is 10.0 Å². The van der Waals surface area contributed by atoms with Gasteiger partial charge in [0.2, 0.25) is 0 Å². The number of sulfonamides is 1. The first-order valence-electron chi connectivity index (χ1n) is 5.34. The van der Waals surface area contributed by atoms with Crippen molar-refractivity contribution in [2.45, 2.75) is 11.9 Å². The number of imidazole rings is 1. The Labute approximate surface area is 110 Å². The van der Waals surface area contributed by atoms with Crippen LogP contribution in [0.15, 0.2) is 29.4 Å². The van der Waals surface area contributed by atoms with Gasteiger partial charge < -0.3 is 14.8 Å². The number of aromatic amines is 1. The Balaban J connectivity index is 2.28. The van der Waals surface area contributed by atoms with E-state index in [0.717, 1.165) is 0 Å². The first kappa shape index (κ1) is 13.2. The lowest BCUT2D eigenvalue weighted by Gasteiger charge is -2.08. The monoisotopic (exact) mass is 283 g/mol. The van der Waals surface area contributed by atoms with Crippen molar-refractivity contribution in [3.05, 3.63) is 30.2 Å². The predicted octanol–water partition coefficient (Wildman–Crippen LogP) is 1.23. The van der Waals surface area contributed by atoms with Crippen LogP contribution in [0.5, 0.6) is 11.5 Å². The lowest BCUT2D eigenvalue weighted by molar-refractivity contribution is 0.373. The minimum atomic E-state index is -3.75. The number of methoxy groups -OCH3 is 1. The van der Waals surface area contributed by atoms with E-state index in [4.69, 9.17) is 4.74 Å². The summed E-state index contributed by atoms with van der Waals surface area (Å²) in [5.41, 5.74) is 0.227. The molecule has 0 unspecified atom stereocenters. The third-order valence-electron chi connectivity index (χ3n) is 2.40. The molecule has 1 aromatic heterocycles. The number of phenols is 1. The molecule has 8 heteroatoms. The smallest absolute Gasteiger partial charge is 0.278 e. The Kier molecular flexibility index (Phi) is 3.34. The molecule has 7 nitrogen and oxygen atoms in total. The fourth-order valence-corrected chi connectivity index (χ4v) is 2.52. The van der Waals surface area contributed by atoms with Gasteiger partial charge in [0.15, 0.2) is 16.5 Å². The van der Waals surface area contributed by atoms with Crippen molar-refractivity contribution < 1.29 is 18.3 Å². The highest BCUT2D eigenvalue weighted by Gasteiger charge is 2.17. The molecule has 0 amide bonds. The highest BCUT2D eigenvalue weighted by molar-refractivity contribution is 7.92. The van der Waals surface area contributed by atoms with Gasteiger partial charge in [-0.2, -0.15) is 8.42 Å². The molecule has 1 heterocycles. The van der Waals surface area contributed by atoms with E-state index in [1.54, 1.807) is 6.92 Å². The van der Waals surface area contributed by atoms with Gasteiger partial charge in [0.05, 0.1) is 19.0 Å². The maximum Gasteiger partial charge on any atom is 0.278 e. The van der Waals surface area contributed by atoms with Crippen LogP contribution in [0, 0.1) is 6.92 Å². The quantitative estimate of drug-likeness (QED) is 0.783. The maximum absolute atomic E-state index is 12.0. The molecule has 0 radical (unpaired) electrons. The van der Waals surface area contributed by atoms with Crippen LogP contribution in [0.3, 0.4) is 0 Å². The van der Waals surface area contributed by atoms with E-state index >= 15 is 0 Å². The van der Waals surface area contributed by atoms with E-state index in [-0.39, 0.29) is 22.2 Å². The molecule has 0 atom stereocenters. The molecule has 102 valence electrons. The Morgan fingerprint density at radius 3 is 2.68 bits per heavy atom. The number of nitrogens with zero attached hydrogens (tertiary/aromatic N) is 1. The Hall–Kier alpha value is -2.22. The highest BCUT2D eigenvalue weighted by Crippen LogP contribution is 2.29. The Bertz CT molecular complexity index is 694. The van der Waals surface area contributed by atoms with Gasteiger partial charge in [-0.3, -0.25) is 4.72 Å². The minimum absolute atomic E-state index is 0.0414. The fourth-order valence-electron chi connectivity index (χ4n) is 1.50. The van der Waals surface area contributed by atoms with Crippen molar-refractivity contribution in [1.29, 1.82) is 0 Å². The third kappa shape index (κ3) is 2.79. The largest absolute Gasteiger partial charge is 0.504 e. The standard InChI is InChI=1S/C11H13N3O4S/c1-7-12-6-11(13-7)19(16,17)14-8-3-4-10(18-2)9(15)5-8/h3-6,14-15H,1-2H3,(H,12,13). The van der Waals surface area contributed by atoms with Crippen molar-refractivity contribution in [1.82, 2.24) is 9.97 Å². The van der Waals surface area contributed by atoms with E-state index in [2.05, 4.69) is 14.7 Å². The zero-order chi connectivity index (χ0) is 14.0. The van der Waals surface area contributed by atoms with E-state index in [0.29, 0.717) is 5.82 Å². The number of aromatic hydroxyl groups is 1. The second kappa shape index (κ2) is 4.81. The first-order chi connectivity index (χ1) is 8.92. The van der Waals surface area contributed by atoms with E-state index in [1.807, 2.05) is 0 Å². The fraction of sp³-hybridized carbons (Fsp3) is 0.182. The number of anilines is 1. The molecular formula is C11H13N3O4S. The van der Waals surface area contributed by atoms with Gasteiger partial charge in [-0.15, -0.1) is 0 Å². The number of aromatic nitrogens is 2. The summed E-state index contributed by atoms with van der Waals surface area (Å²) in [5.74, 6) is 0.613. The number of hydrogen-bond donors (Lipinski definition) is 3. The zero-order valence-corrected chi connectivity index (χ0v) is 11.2. The molecule has 0 saturated carbocycles. The molecule has 1 aromatic carbocycles. The number of nitrogens with one attached hydrogen (secondary N) is 2. The number of hydrogen-bond acceptors (Lipinski definition) is 5. The molecular weight excluding hydrogens is 270 g/mol. The number of rotatable bonds is 4. The lowest BCUT2D eigenvalue weighted by atomic mass is 10.3. The van der Waals surface area contributed by atoms with Crippen LogP contribution < -0.4 is 9.46 Å².